The average Bonchev–Trinajstić information content (AvgIpc) is 2.84. The molecule has 0 aliphatic rings. The van der Waals surface area contributed by atoms with Crippen LogP contribution in [0, 0.1) is 0 Å². The van der Waals surface area contributed by atoms with E-state index < -0.39 is 28.0 Å². The van der Waals surface area contributed by atoms with Crippen molar-refractivity contribution in [1.82, 2.24) is 5.32 Å². The standard InChI is InChI=1S/C30H57NO5S/c1-3-5-7-9-11-13-15-16-17-19-21-23-25-29(32)28(27-37(34,35)36)31-30(33)26-24-22-20-18-14-12-10-8-6-4-2/h8,10,23,25,28-29,32H,3-7,9,11-22,24,26-27H2,1-2H3,(H,31,33)(H,34,35,36)/b10-8-,25-23+. The number of amides is 1. The summed E-state index contributed by atoms with van der Waals surface area (Å²) in [6, 6.07) is -1.05. The summed E-state index contributed by atoms with van der Waals surface area (Å²) in [6.07, 6.45) is 28.8. The third-order valence-electron chi connectivity index (χ3n) is 6.60. The van der Waals surface area contributed by atoms with E-state index in [-0.39, 0.29) is 12.3 Å². The van der Waals surface area contributed by atoms with Crippen molar-refractivity contribution in [1.29, 1.82) is 0 Å². The summed E-state index contributed by atoms with van der Waals surface area (Å²) in [7, 11) is -4.33. The van der Waals surface area contributed by atoms with Gasteiger partial charge in [0, 0.05) is 6.42 Å². The van der Waals surface area contributed by atoms with Crippen LogP contribution in [0.5, 0.6) is 0 Å². The molecule has 37 heavy (non-hydrogen) atoms. The minimum atomic E-state index is -4.33. The van der Waals surface area contributed by atoms with Gasteiger partial charge in [-0.25, -0.2) is 0 Å². The van der Waals surface area contributed by atoms with Gasteiger partial charge in [-0.15, -0.1) is 0 Å². The molecule has 0 heterocycles. The molecule has 6 nitrogen and oxygen atoms in total. The Bertz CT molecular complexity index is 690. The molecule has 0 aromatic heterocycles. The Morgan fingerprint density at radius 2 is 1.19 bits per heavy atom. The first-order valence-corrected chi connectivity index (χ1v) is 16.6. The third kappa shape index (κ3) is 26.2. The number of hydrogen-bond donors (Lipinski definition) is 3. The minimum Gasteiger partial charge on any atom is -0.387 e. The zero-order valence-electron chi connectivity index (χ0n) is 23.8. The highest BCUT2D eigenvalue weighted by Crippen LogP contribution is 2.12. The van der Waals surface area contributed by atoms with Crippen LogP contribution in [0.3, 0.4) is 0 Å². The summed E-state index contributed by atoms with van der Waals surface area (Å²) >= 11 is 0. The lowest BCUT2D eigenvalue weighted by Gasteiger charge is -2.21. The van der Waals surface area contributed by atoms with Crippen molar-refractivity contribution < 1.29 is 22.9 Å². The number of unbranched alkanes of at least 4 members (excludes halogenated alkanes) is 16. The molecule has 0 saturated carbocycles. The maximum atomic E-state index is 12.3. The maximum Gasteiger partial charge on any atom is 0.267 e. The molecule has 0 aromatic carbocycles. The van der Waals surface area contributed by atoms with E-state index in [1.165, 1.54) is 57.8 Å². The molecule has 0 fully saturated rings. The minimum absolute atomic E-state index is 0.285. The molecule has 0 aliphatic carbocycles. The molecule has 7 heteroatoms. The highest BCUT2D eigenvalue weighted by Gasteiger charge is 2.24. The fourth-order valence-electron chi connectivity index (χ4n) is 4.33. The molecule has 2 unspecified atom stereocenters. The molecule has 0 rings (SSSR count). The Hall–Kier alpha value is -1.18. The van der Waals surface area contributed by atoms with Gasteiger partial charge in [-0.3, -0.25) is 9.35 Å². The van der Waals surface area contributed by atoms with Gasteiger partial charge in [-0.1, -0.05) is 122 Å². The summed E-state index contributed by atoms with van der Waals surface area (Å²) in [4.78, 5) is 12.3. The number of aliphatic hydroxyl groups is 1. The van der Waals surface area contributed by atoms with Crippen LogP contribution in [0.1, 0.15) is 142 Å². The topological polar surface area (TPSA) is 104 Å². The predicted octanol–water partition coefficient (Wildman–Crippen LogP) is 7.67. The monoisotopic (exact) mass is 543 g/mol. The zero-order valence-corrected chi connectivity index (χ0v) is 24.7. The Balaban J connectivity index is 4.14. The van der Waals surface area contributed by atoms with Crippen LogP contribution in [0.15, 0.2) is 24.3 Å². The summed E-state index contributed by atoms with van der Waals surface area (Å²) < 4.78 is 32.1. The van der Waals surface area contributed by atoms with E-state index in [2.05, 4.69) is 31.3 Å². The Labute approximate surface area is 228 Å². The van der Waals surface area contributed by atoms with Crippen molar-refractivity contribution >= 4 is 16.0 Å². The van der Waals surface area contributed by atoms with Gasteiger partial charge < -0.3 is 10.4 Å². The van der Waals surface area contributed by atoms with Gasteiger partial charge in [-0.2, -0.15) is 8.42 Å². The van der Waals surface area contributed by atoms with Crippen molar-refractivity contribution in [2.75, 3.05) is 5.75 Å². The lowest BCUT2D eigenvalue weighted by molar-refractivity contribution is -0.122. The number of hydrogen-bond acceptors (Lipinski definition) is 4. The Morgan fingerprint density at radius 1 is 0.703 bits per heavy atom. The highest BCUT2D eigenvalue weighted by molar-refractivity contribution is 7.85. The second-order valence-corrected chi connectivity index (χ2v) is 11.9. The van der Waals surface area contributed by atoms with Crippen LogP contribution in [0.2, 0.25) is 0 Å². The number of carbonyl (C=O) groups is 1. The second kappa shape index (κ2) is 25.1. The van der Waals surface area contributed by atoms with Crippen LogP contribution >= 0.6 is 0 Å². The fourth-order valence-corrected chi connectivity index (χ4v) is 5.07. The summed E-state index contributed by atoms with van der Waals surface area (Å²) in [5, 5.41) is 13.1. The molecule has 218 valence electrons. The van der Waals surface area contributed by atoms with Gasteiger partial charge in [0.15, 0.2) is 0 Å². The van der Waals surface area contributed by atoms with E-state index in [4.69, 9.17) is 0 Å². The number of allylic oxidation sites excluding steroid dienone is 3. The molecule has 0 aromatic rings. The molecule has 2 atom stereocenters. The molecular weight excluding hydrogens is 486 g/mol. The van der Waals surface area contributed by atoms with Crippen molar-refractivity contribution in [3.8, 4) is 0 Å². The molecule has 0 saturated heterocycles. The molecule has 1 amide bonds. The van der Waals surface area contributed by atoms with Gasteiger partial charge in [0.1, 0.15) is 0 Å². The van der Waals surface area contributed by atoms with Crippen molar-refractivity contribution in [2.45, 2.75) is 154 Å². The fraction of sp³-hybridized carbons (Fsp3) is 0.833. The summed E-state index contributed by atoms with van der Waals surface area (Å²) in [5.41, 5.74) is 0. The normalized spacial score (nSPS) is 13.9. The lowest BCUT2D eigenvalue weighted by Crippen LogP contribution is -2.46. The summed E-state index contributed by atoms with van der Waals surface area (Å²) in [5.74, 6) is -0.994. The maximum absolute atomic E-state index is 12.3. The van der Waals surface area contributed by atoms with E-state index >= 15 is 0 Å². The van der Waals surface area contributed by atoms with Crippen LogP contribution < -0.4 is 5.32 Å². The first-order chi connectivity index (χ1) is 17.8. The molecule has 0 aliphatic heterocycles. The first kappa shape index (κ1) is 35.8. The number of nitrogens with one attached hydrogen (secondary N) is 1. The zero-order chi connectivity index (χ0) is 27.6. The third-order valence-corrected chi connectivity index (χ3v) is 7.38. The van der Waals surface area contributed by atoms with E-state index in [1.54, 1.807) is 6.08 Å². The Morgan fingerprint density at radius 3 is 1.73 bits per heavy atom. The van der Waals surface area contributed by atoms with Gasteiger partial charge in [0.05, 0.1) is 17.9 Å². The Kier molecular flexibility index (Phi) is 24.3. The lowest BCUT2D eigenvalue weighted by atomic mass is 10.1. The van der Waals surface area contributed by atoms with Crippen LogP contribution in [0.25, 0.3) is 0 Å². The van der Waals surface area contributed by atoms with Crippen LogP contribution in [-0.4, -0.2) is 41.9 Å². The second-order valence-electron chi connectivity index (χ2n) is 10.4. The number of aliphatic hydroxyl groups excluding tert-OH is 1. The quantitative estimate of drug-likeness (QED) is 0.0590. The number of carbonyl (C=O) groups excluding carboxylic acids is 1. The SMILES string of the molecule is CCC/C=C\CCCCCCCC(=O)NC(CS(=O)(=O)O)C(O)/C=C/CCCCCCCCCCCC. The number of rotatable bonds is 26. The van der Waals surface area contributed by atoms with Gasteiger partial charge in [0.25, 0.3) is 10.1 Å². The molecule has 0 spiro atoms. The highest BCUT2D eigenvalue weighted by atomic mass is 32.2. The van der Waals surface area contributed by atoms with E-state index in [0.717, 1.165) is 64.2 Å². The largest absolute Gasteiger partial charge is 0.387 e. The molecule has 3 N–H and O–H groups in total. The van der Waals surface area contributed by atoms with Gasteiger partial charge in [-0.05, 0) is 38.5 Å². The van der Waals surface area contributed by atoms with Crippen LogP contribution in [0.4, 0.5) is 0 Å². The van der Waals surface area contributed by atoms with Crippen molar-refractivity contribution in [3.05, 3.63) is 24.3 Å². The summed E-state index contributed by atoms with van der Waals surface area (Å²) in [6.45, 7) is 4.40. The first-order valence-electron chi connectivity index (χ1n) is 15.0. The average molecular weight is 544 g/mol. The molecule has 0 radical (unpaired) electrons. The predicted molar refractivity (Wildman–Crippen MR) is 156 cm³/mol. The molecular formula is C30H57NO5S. The van der Waals surface area contributed by atoms with E-state index in [0.29, 0.717) is 0 Å². The van der Waals surface area contributed by atoms with Crippen LogP contribution in [-0.2, 0) is 14.9 Å². The smallest absolute Gasteiger partial charge is 0.267 e. The van der Waals surface area contributed by atoms with Crippen molar-refractivity contribution in [3.63, 3.8) is 0 Å². The van der Waals surface area contributed by atoms with E-state index in [1.807, 2.05) is 6.08 Å². The van der Waals surface area contributed by atoms with Gasteiger partial charge >= 0.3 is 0 Å². The van der Waals surface area contributed by atoms with Crippen molar-refractivity contribution in [2.24, 2.45) is 0 Å². The van der Waals surface area contributed by atoms with Gasteiger partial charge in [0.2, 0.25) is 5.91 Å². The van der Waals surface area contributed by atoms with E-state index in [9.17, 15) is 22.9 Å². The molecule has 0 bridgehead atoms.